The number of ketones is 1. The van der Waals surface area contributed by atoms with Gasteiger partial charge in [-0.15, -0.1) is 0 Å². The van der Waals surface area contributed by atoms with E-state index in [-0.39, 0.29) is 98.4 Å². The number of hydrogen-bond acceptors (Lipinski definition) is 29. The van der Waals surface area contributed by atoms with Crippen LogP contribution in [0.5, 0.6) is 0 Å². The normalized spacial score (nSPS) is 15.0. The van der Waals surface area contributed by atoms with E-state index in [9.17, 15) is 121 Å². The van der Waals surface area contributed by atoms with Crippen molar-refractivity contribution >= 4 is 103 Å². The Morgan fingerprint density at radius 2 is 0.824 bits per heavy atom. The fourth-order valence-electron chi connectivity index (χ4n) is 10.9. The monoisotopic (exact) mass is 2020 g/mol. The number of anilines is 2. The minimum atomic E-state index is -5.08. The molecule has 770 valence electrons. The van der Waals surface area contributed by atoms with Gasteiger partial charge in [0, 0.05) is 128 Å². The van der Waals surface area contributed by atoms with Crippen molar-refractivity contribution in [1.29, 1.82) is 0 Å². The van der Waals surface area contributed by atoms with Crippen molar-refractivity contribution in [3.63, 3.8) is 0 Å². The minimum absolute atomic E-state index is 0.00669. The summed E-state index contributed by atoms with van der Waals surface area (Å²) < 4.78 is 251. The average molecular weight is 2020 g/mol. The number of halogens is 15. The van der Waals surface area contributed by atoms with Gasteiger partial charge in [-0.3, -0.25) is 53.2 Å². The molecule has 2 aliphatic rings. The van der Waals surface area contributed by atoms with Crippen molar-refractivity contribution in [2.75, 3.05) is 155 Å². The number of carboxylic acid groups (broad SMARTS) is 6. The van der Waals surface area contributed by atoms with Gasteiger partial charge in [0.05, 0.1) is 62.4 Å². The van der Waals surface area contributed by atoms with E-state index in [1.54, 1.807) is 41.6 Å². The Kier molecular flexibility index (Phi) is 51.0. The number of rotatable bonds is 36. The molecule has 0 saturated carbocycles. The number of fused-ring (bicyclic) bond motifs is 1. The van der Waals surface area contributed by atoms with E-state index >= 15 is 0 Å². The number of amides is 2. The summed E-state index contributed by atoms with van der Waals surface area (Å²) in [5, 5.41) is 54.3. The Morgan fingerprint density at radius 1 is 0.478 bits per heavy atom. The van der Waals surface area contributed by atoms with Gasteiger partial charge in [-0.05, 0) is 135 Å². The standard InChI is InChI=1S/C69H104N12O18S2.5C2HF3O2/c1-11-81-57-42-50(44-74-66-71-26-27-72-66)14-23-55(57)59(82)43-58(81)64(87)73-45-56(65(88)89)76-101(92,93)54-21-17-52(18-22-54)51-15-19-53(20-16-51)100(90,91)75-25-13-37-95-39-41-96-40-38-94-36-12-24-70-60(83)46-77-28-30-78(47-61(84)97-67(2,3)4)32-34-80(49-63(86)99-69(8,9)10)35-33-79(31-29-77)48-62(85)98-68(5,6)7;5*3-2(4,5)1(6)7/h14-23,26-27,42,56,58,75-76H,11-13,24-25,28-41,43-49H2,1-10H3,(H,70,83)(H,73,87)(H,88,89)(H2,71,72,74);5*(H,6,7). The van der Waals surface area contributed by atoms with Gasteiger partial charge >= 0.3 is 84.6 Å². The van der Waals surface area contributed by atoms with E-state index in [1.807, 2.05) is 94.9 Å². The molecule has 2 unspecified atom stereocenters. The highest BCUT2D eigenvalue weighted by Crippen LogP contribution is 2.33. The number of Topliss-reactive ketones (excluding diaryl/α,β-unsaturated/α-hetero) is 1. The zero-order valence-corrected chi connectivity index (χ0v) is 76.5. The zero-order chi connectivity index (χ0) is 104. The largest absolute Gasteiger partial charge is 0.490 e. The predicted octanol–water partition coefficient (Wildman–Crippen LogP) is 6.66. The number of H-pyrrole nitrogens is 1. The molecular formula is C79H109F15N12O28S2. The lowest BCUT2D eigenvalue weighted by Gasteiger charge is -2.37. The molecule has 0 aliphatic carbocycles. The molecule has 2 amide bonds. The molecule has 2 aliphatic heterocycles. The predicted molar refractivity (Wildman–Crippen MR) is 446 cm³/mol. The van der Waals surface area contributed by atoms with Crippen LogP contribution < -0.4 is 30.3 Å². The van der Waals surface area contributed by atoms with Gasteiger partial charge in [-0.2, -0.15) is 70.6 Å². The van der Waals surface area contributed by atoms with Gasteiger partial charge in [0.15, 0.2) is 11.7 Å². The number of likely N-dealkylation sites (N-methyl/N-ethyl adjacent to an activating group) is 1. The highest BCUT2D eigenvalue weighted by Gasteiger charge is 2.43. The SMILES string of the molecule is CCN1c2cc(CNc3ncc[nH]3)ccc2C(=O)CC1C(=O)NCC(NS(=O)(=O)c1ccc(-c2ccc(S(=O)(=O)NCCCOCCOCCOCCCNC(=O)CN3CCN(CC(=O)OC(C)(C)C)CCN(CC(=O)OC(C)(C)C)CCN(CC(=O)OC(C)(C)C)CC3)cc2)cc1)C(=O)O.O=C(O)C(F)(F)F.O=C(O)C(F)(F)F.O=C(O)C(F)(F)F.O=C(O)C(F)(F)F.O=C(O)C(F)(F)F. The number of carboxylic acids is 6. The third-order valence-electron chi connectivity index (χ3n) is 16.9. The maximum Gasteiger partial charge on any atom is 0.490 e. The van der Waals surface area contributed by atoms with Crippen LogP contribution >= 0.6 is 0 Å². The van der Waals surface area contributed by atoms with Crippen LogP contribution in [0.4, 0.5) is 77.5 Å². The maximum absolute atomic E-state index is 13.6. The van der Waals surface area contributed by atoms with Crippen molar-refractivity contribution in [3.8, 4) is 11.1 Å². The first-order valence-electron chi connectivity index (χ1n) is 40.3. The lowest BCUT2D eigenvalue weighted by molar-refractivity contribution is -0.193. The Labute approximate surface area is 769 Å². The molecule has 12 N–H and O–H groups in total. The van der Waals surface area contributed by atoms with E-state index in [4.69, 9.17) is 77.9 Å². The summed E-state index contributed by atoms with van der Waals surface area (Å²) in [5.74, 6) is -17.0. The number of carbonyl (C=O) groups is 12. The van der Waals surface area contributed by atoms with E-state index in [0.29, 0.717) is 133 Å². The topological polar surface area (TPSA) is 555 Å². The zero-order valence-electron chi connectivity index (χ0n) is 74.9. The number of aromatic amines is 1. The molecule has 0 radical (unpaired) electrons. The summed E-state index contributed by atoms with van der Waals surface area (Å²) in [6.45, 7) is 24.0. The van der Waals surface area contributed by atoms with Crippen molar-refractivity contribution in [1.82, 2.24) is 49.6 Å². The van der Waals surface area contributed by atoms with Crippen molar-refractivity contribution in [3.05, 3.63) is 90.3 Å². The van der Waals surface area contributed by atoms with Crippen molar-refractivity contribution < 1.29 is 199 Å². The van der Waals surface area contributed by atoms with Crippen molar-refractivity contribution in [2.24, 2.45) is 0 Å². The number of aromatic nitrogens is 2. The Bertz CT molecular complexity index is 4550. The average Bonchev–Trinajstić information content (AvgIpc) is 0.908. The van der Waals surface area contributed by atoms with Gasteiger partial charge < -0.3 is 84.9 Å². The van der Waals surface area contributed by atoms with E-state index in [2.05, 4.69) is 35.4 Å². The molecule has 0 spiro atoms. The lowest BCUT2D eigenvalue weighted by atomic mass is 9.92. The summed E-state index contributed by atoms with van der Waals surface area (Å²) in [7, 11) is -8.33. The number of carbonyl (C=O) groups excluding carboxylic acids is 6. The van der Waals surface area contributed by atoms with Gasteiger partial charge in [-0.1, -0.05) is 30.3 Å². The summed E-state index contributed by atoms with van der Waals surface area (Å²) >= 11 is 0. The second-order valence-corrected chi connectivity index (χ2v) is 35.0. The molecule has 1 fully saturated rings. The summed E-state index contributed by atoms with van der Waals surface area (Å²) in [6.07, 6.45) is -21.4. The van der Waals surface area contributed by atoms with Gasteiger partial charge in [-0.25, -0.2) is 50.5 Å². The first kappa shape index (κ1) is 123. The van der Waals surface area contributed by atoms with Crippen LogP contribution in [0.1, 0.15) is 104 Å². The number of sulfonamides is 2. The molecule has 6 rings (SSSR count). The highest BCUT2D eigenvalue weighted by atomic mass is 32.2. The van der Waals surface area contributed by atoms with Crippen molar-refractivity contribution in [2.45, 2.75) is 165 Å². The molecular weight excluding hydrogens is 1910 g/mol. The number of nitrogens with zero attached hydrogens (tertiary/aromatic N) is 6. The Morgan fingerprint density at radius 3 is 1.15 bits per heavy atom. The van der Waals surface area contributed by atoms with Crippen LogP contribution in [0.2, 0.25) is 0 Å². The number of nitrogens with one attached hydrogen (secondary N) is 6. The van der Waals surface area contributed by atoms with E-state index < -0.39 is 128 Å². The first-order valence-corrected chi connectivity index (χ1v) is 43.3. The molecule has 2 atom stereocenters. The van der Waals surface area contributed by atoms with Crippen LogP contribution in [0.15, 0.2) is 88.9 Å². The number of aliphatic carboxylic acids is 6. The number of esters is 3. The van der Waals surface area contributed by atoms with Crippen LogP contribution in [-0.2, 0) is 108 Å². The fraction of sp³-hybridized carbons (Fsp3) is 0.582. The number of hydrogen-bond donors (Lipinski definition) is 12. The fourth-order valence-corrected chi connectivity index (χ4v) is 13.1. The van der Waals surface area contributed by atoms with Crippen LogP contribution in [0, 0.1) is 0 Å². The molecule has 57 heteroatoms. The Balaban J connectivity index is 0.00000222. The Hall–Kier alpha value is -11.2. The molecule has 40 nitrogen and oxygen atoms in total. The summed E-state index contributed by atoms with van der Waals surface area (Å²) in [5.41, 5.74) is 0.892. The molecule has 136 heavy (non-hydrogen) atoms. The van der Waals surface area contributed by atoms with Gasteiger partial charge in [0.2, 0.25) is 31.9 Å². The summed E-state index contributed by atoms with van der Waals surface area (Å²) in [6, 6.07) is 14.1. The molecule has 3 heterocycles. The van der Waals surface area contributed by atoms with E-state index in [0.717, 1.165) is 5.56 Å². The minimum Gasteiger partial charge on any atom is -0.480 e. The second kappa shape index (κ2) is 56.5. The smallest absolute Gasteiger partial charge is 0.480 e. The highest BCUT2D eigenvalue weighted by molar-refractivity contribution is 7.89. The lowest BCUT2D eigenvalue weighted by Crippen LogP contribution is -2.54. The maximum atomic E-state index is 13.6. The molecule has 4 aromatic rings. The van der Waals surface area contributed by atoms with Gasteiger partial charge in [0.25, 0.3) is 0 Å². The van der Waals surface area contributed by atoms with Crippen LogP contribution in [0.25, 0.3) is 11.1 Å². The molecule has 1 saturated heterocycles. The molecule has 0 bridgehead atoms. The van der Waals surface area contributed by atoms with Crippen LogP contribution in [-0.4, -0.2) is 352 Å². The number of alkyl halides is 15. The quantitative estimate of drug-likeness (QED) is 0.00980. The van der Waals surface area contributed by atoms with Gasteiger partial charge in [0.1, 0.15) is 28.9 Å². The second-order valence-electron chi connectivity index (χ2n) is 31.5. The summed E-state index contributed by atoms with van der Waals surface area (Å²) in [4.78, 5) is 153. The third-order valence-corrected chi connectivity index (χ3v) is 19.8. The first-order chi connectivity index (χ1) is 62.4. The number of ether oxygens (including phenoxy) is 6. The van der Waals surface area contributed by atoms with E-state index in [1.165, 1.54) is 36.4 Å². The van der Waals surface area contributed by atoms with Crippen LogP contribution in [0.3, 0.4) is 0 Å². The number of benzene rings is 3. The molecule has 1 aromatic heterocycles. The number of imidazole rings is 1. The molecule has 3 aromatic carbocycles. The third kappa shape index (κ3) is 52.8.